The van der Waals surface area contributed by atoms with Gasteiger partial charge in [-0.1, -0.05) is 6.07 Å². The number of nitrogens with one attached hydrogen (secondary N) is 1. The van der Waals surface area contributed by atoms with Crippen molar-refractivity contribution in [1.29, 1.82) is 0 Å². The molecule has 0 aliphatic heterocycles. The molecule has 0 bridgehead atoms. The molecule has 4 rings (SSSR count). The van der Waals surface area contributed by atoms with E-state index in [1.807, 2.05) is 24.3 Å². The Morgan fingerprint density at radius 1 is 1.08 bits per heavy atom. The predicted molar refractivity (Wildman–Crippen MR) is 133 cm³/mol. The summed E-state index contributed by atoms with van der Waals surface area (Å²) in [6.45, 7) is 4.25. The third-order valence-electron chi connectivity index (χ3n) is 5.43. The highest BCUT2D eigenvalue weighted by Crippen LogP contribution is 2.29. The first-order valence-corrected chi connectivity index (χ1v) is 11.0. The number of para-hydroxylation sites is 1. The van der Waals surface area contributed by atoms with Crippen molar-refractivity contribution in [3.8, 4) is 17.2 Å². The van der Waals surface area contributed by atoms with Gasteiger partial charge in [0.1, 0.15) is 18.1 Å². The zero-order valence-electron chi connectivity index (χ0n) is 19.9. The number of nitro benzene ring substituents is 1. The van der Waals surface area contributed by atoms with Gasteiger partial charge in [0.15, 0.2) is 5.76 Å². The van der Waals surface area contributed by atoms with Crippen LogP contribution in [0.5, 0.6) is 11.5 Å². The number of benzene rings is 2. The first kappa shape index (κ1) is 24.3. The second-order valence-electron chi connectivity index (χ2n) is 7.86. The molecule has 0 fully saturated rings. The van der Waals surface area contributed by atoms with Crippen LogP contribution in [0, 0.1) is 24.0 Å². The first-order valence-electron chi connectivity index (χ1n) is 11.0. The number of aryl methyl sites for hydroxylation is 2. The zero-order valence-corrected chi connectivity index (χ0v) is 19.9. The predicted octanol–water partition coefficient (Wildman–Crippen LogP) is 4.95. The summed E-state index contributed by atoms with van der Waals surface area (Å²) in [4.78, 5) is 22.9. The fraction of sp³-hybridized carbons (Fsp3) is 0.154. The van der Waals surface area contributed by atoms with E-state index in [2.05, 4.69) is 41.1 Å². The van der Waals surface area contributed by atoms with Crippen LogP contribution in [0.15, 0.2) is 76.2 Å². The largest absolute Gasteiger partial charge is 0.490 e. The molecule has 2 aromatic carbocycles. The monoisotopic (exact) mass is 488 g/mol. The Balaban J connectivity index is 1.34. The minimum atomic E-state index is -0.580. The molecule has 10 nitrogen and oxygen atoms in total. The highest BCUT2D eigenvalue weighted by Gasteiger charge is 2.17. The van der Waals surface area contributed by atoms with Crippen LogP contribution in [-0.4, -0.2) is 28.7 Å². The van der Waals surface area contributed by atoms with Crippen LogP contribution in [0.3, 0.4) is 0 Å². The summed E-state index contributed by atoms with van der Waals surface area (Å²) in [6, 6.07) is 19.4. The van der Waals surface area contributed by atoms with Gasteiger partial charge < -0.3 is 18.5 Å². The molecule has 1 N–H and O–H groups in total. The number of nitro groups is 1. The Morgan fingerprint density at radius 3 is 2.47 bits per heavy atom. The molecule has 1 amide bonds. The summed E-state index contributed by atoms with van der Waals surface area (Å²) in [6.07, 6.45) is 1.26. The number of furan rings is 1. The van der Waals surface area contributed by atoms with Crippen LogP contribution in [0.4, 0.5) is 5.69 Å². The molecule has 0 aliphatic carbocycles. The SMILES string of the molecule is COc1c(C=NNC(=O)c2ccc(COc3ccc(-n4c(C)ccc4C)cc3)o2)cccc1[N+](=O)[O-]. The number of amides is 1. The molecule has 0 radical (unpaired) electrons. The van der Waals surface area contributed by atoms with Gasteiger partial charge >= 0.3 is 11.6 Å². The molecule has 0 atom stereocenters. The number of carbonyl (C=O) groups is 1. The van der Waals surface area contributed by atoms with E-state index in [-0.39, 0.29) is 23.8 Å². The van der Waals surface area contributed by atoms with Gasteiger partial charge in [-0.3, -0.25) is 14.9 Å². The summed E-state index contributed by atoms with van der Waals surface area (Å²) >= 11 is 0. The molecule has 0 unspecified atom stereocenters. The number of hydrogen-bond acceptors (Lipinski definition) is 7. The third kappa shape index (κ3) is 5.27. The standard InChI is InChI=1S/C26H24N4O6/c1-17-7-8-18(2)29(17)20-9-11-21(12-10-20)35-16-22-13-14-24(36-22)26(31)28-27-15-19-5-4-6-23(30(32)33)25(19)34-3/h4-15H,16H2,1-3H3,(H,28,31). The highest BCUT2D eigenvalue weighted by atomic mass is 16.6. The van der Waals surface area contributed by atoms with Crippen molar-refractivity contribution in [3.63, 3.8) is 0 Å². The van der Waals surface area contributed by atoms with Crippen molar-refractivity contribution in [2.45, 2.75) is 20.5 Å². The van der Waals surface area contributed by atoms with Crippen molar-refractivity contribution < 1.29 is 23.6 Å². The molecule has 0 spiro atoms. The highest BCUT2D eigenvalue weighted by molar-refractivity contribution is 5.93. The number of aromatic nitrogens is 1. The fourth-order valence-electron chi connectivity index (χ4n) is 3.72. The average molecular weight is 489 g/mol. The van der Waals surface area contributed by atoms with E-state index in [1.54, 1.807) is 12.1 Å². The zero-order chi connectivity index (χ0) is 25.7. The van der Waals surface area contributed by atoms with Gasteiger partial charge in [-0.25, -0.2) is 5.43 Å². The van der Waals surface area contributed by atoms with Gasteiger partial charge in [0.2, 0.25) is 5.75 Å². The van der Waals surface area contributed by atoms with Crippen molar-refractivity contribution in [2.75, 3.05) is 7.11 Å². The lowest BCUT2D eigenvalue weighted by atomic mass is 10.2. The average Bonchev–Trinajstić information content (AvgIpc) is 3.49. The Hall–Kier alpha value is -4.86. The molecular formula is C26H24N4O6. The van der Waals surface area contributed by atoms with Gasteiger partial charge in [-0.15, -0.1) is 0 Å². The van der Waals surface area contributed by atoms with Crippen LogP contribution in [0.25, 0.3) is 5.69 Å². The Morgan fingerprint density at radius 2 is 1.81 bits per heavy atom. The molecule has 10 heteroatoms. The lowest BCUT2D eigenvalue weighted by molar-refractivity contribution is -0.385. The molecule has 2 aromatic heterocycles. The normalized spacial score (nSPS) is 11.0. The minimum absolute atomic E-state index is 0.0459. The Kier molecular flexibility index (Phi) is 7.15. The van der Waals surface area contributed by atoms with Gasteiger partial charge in [-0.05, 0) is 68.4 Å². The second-order valence-corrected chi connectivity index (χ2v) is 7.86. The van der Waals surface area contributed by atoms with Crippen LogP contribution in [0.1, 0.15) is 33.3 Å². The summed E-state index contributed by atoms with van der Waals surface area (Å²) in [5.74, 6) is 0.642. The number of carbonyl (C=O) groups excluding carboxylic acids is 1. The van der Waals surface area contributed by atoms with Gasteiger partial charge in [0.05, 0.1) is 18.2 Å². The maximum atomic E-state index is 12.4. The smallest absolute Gasteiger partial charge is 0.311 e. The minimum Gasteiger partial charge on any atom is -0.490 e. The van der Waals surface area contributed by atoms with Crippen molar-refractivity contribution >= 4 is 17.8 Å². The van der Waals surface area contributed by atoms with E-state index in [1.165, 1.54) is 31.5 Å². The fourth-order valence-corrected chi connectivity index (χ4v) is 3.72. The number of rotatable bonds is 9. The van der Waals surface area contributed by atoms with Crippen LogP contribution < -0.4 is 14.9 Å². The molecule has 36 heavy (non-hydrogen) atoms. The molecular weight excluding hydrogens is 464 g/mol. The lowest BCUT2D eigenvalue weighted by Crippen LogP contribution is -2.16. The van der Waals surface area contributed by atoms with Gasteiger partial charge in [-0.2, -0.15) is 5.10 Å². The second kappa shape index (κ2) is 10.6. The van der Waals surface area contributed by atoms with E-state index in [0.717, 1.165) is 17.1 Å². The maximum Gasteiger partial charge on any atom is 0.311 e. The van der Waals surface area contributed by atoms with E-state index < -0.39 is 10.8 Å². The molecule has 0 saturated carbocycles. The lowest BCUT2D eigenvalue weighted by Gasteiger charge is -2.10. The first-order chi connectivity index (χ1) is 17.4. The van der Waals surface area contributed by atoms with E-state index in [9.17, 15) is 14.9 Å². The van der Waals surface area contributed by atoms with Crippen LogP contribution in [-0.2, 0) is 6.61 Å². The van der Waals surface area contributed by atoms with Crippen molar-refractivity contribution in [2.24, 2.45) is 5.10 Å². The summed E-state index contributed by atoms with van der Waals surface area (Å²) < 4.78 is 18.6. The van der Waals surface area contributed by atoms with Crippen LogP contribution >= 0.6 is 0 Å². The number of hydrogen-bond donors (Lipinski definition) is 1. The number of methoxy groups -OCH3 is 1. The van der Waals surface area contributed by atoms with Crippen LogP contribution in [0.2, 0.25) is 0 Å². The van der Waals surface area contributed by atoms with Crippen molar-refractivity contribution in [1.82, 2.24) is 9.99 Å². The number of nitrogens with zero attached hydrogens (tertiary/aromatic N) is 3. The van der Waals surface area contributed by atoms with E-state index in [4.69, 9.17) is 13.9 Å². The molecule has 2 heterocycles. The van der Waals surface area contributed by atoms with Crippen molar-refractivity contribution in [3.05, 3.63) is 105 Å². The summed E-state index contributed by atoms with van der Waals surface area (Å²) in [7, 11) is 1.32. The van der Waals surface area contributed by atoms with E-state index >= 15 is 0 Å². The Bertz CT molecular complexity index is 1400. The topological polar surface area (TPSA) is 121 Å². The summed E-state index contributed by atoms with van der Waals surface area (Å²) in [5.41, 5.74) is 5.81. The Labute approximate surface area is 206 Å². The maximum absolute atomic E-state index is 12.4. The number of ether oxygens (including phenoxy) is 2. The van der Waals surface area contributed by atoms with Gasteiger partial charge in [0.25, 0.3) is 0 Å². The molecule has 4 aromatic rings. The molecule has 0 aliphatic rings. The van der Waals surface area contributed by atoms with Gasteiger partial charge in [0, 0.05) is 28.7 Å². The van der Waals surface area contributed by atoms with E-state index in [0.29, 0.717) is 17.1 Å². The number of hydrazone groups is 1. The summed E-state index contributed by atoms with van der Waals surface area (Å²) in [5, 5.41) is 15.0. The molecule has 0 saturated heterocycles. The molecule has 184 valence electrons. The quantitative estimate of drug-likeness (QED) is 0.202. The third-order valence-corrected chi connectivity index (χ3v) is 5.43.